The van der Waals surface area contributed by atoms with Crippen LogP contribution in [0, 0.1) is 34.6 Å². The Hall–Kier alpha value is -2.81. The molecule has 2 saturated heterocycles. The molecule has 2 aliphatic heterocycles. The number of guanidine groups is 1. The van der Waals surface area contributed by atoms with Crippen LogP contribution in [0.1, 0.15) is 25.8 Å². The summed E-state index contributed by atoms with van der Waals surface area (Å²) in [4.78, 5) is 10.8. The number of hydrogen-bond donors (Lipinski definition) is 1. The number of nitriles is 2. The lowest BCUT2D eigenvalue weighted by atomic mass is 9.84. The second-order valence-electron chi connectivity index (χ2n) is 8.91. The van der Waals surface area contributed by atoms with E-state index in [1.807, 2.05) is 13.2 Å². The highest BCUT2D eigenvalue weighted by atomic mass is 16.5. The van der Waals surface area contributed by atoms with E-state index in [-0.39, 0.29) is 12.6 Å². The molecule has 166 valence electrons. The van der Waals surface area contributed by atoms with E-state index in [1.165, 1.54) is 6.42 Å². The molecule has 0 radical (unpaired) electrons. The molecule has 1 aromatic rings. The molecule has 2 aliphatic rings. The summed E-state index contributed by atoms with van der Waals surface area (Å²) in [6, 6.07) is 9.27. The molecule has 8 heteroatoms. The number of rotatable bonds is 6. The topological polar surface area (TPSA) is 99.1 Å². The van der Waals surface area contributed by atoms with Gasteiger partial charge in [-0.1, -0.05) is 0 Å². The smallest absolute Gasteiger partial charge is 0.212 e. The third-order valence-corrected chi connectivity index (χ3v) is 6.07. The molecule has 31 heavy (non-hydrogen) atoms. The molecular weight excluding hydrogens is 392 g/mol. The fourth-order valence-electron chi connectivity index (χ4n) is 4.52. The molecule has 3 unspecified atom stereocenters. The van der Waals surface area contributed by atoms with E-state index in [1.54, 1.807) is 24.3 Å². The number of aliphatic hydroxyl groups excluding tert-OH is 1. The fraction of sp³-hybridized carbons (Fsp3) is 0.609. The van der Waals surface area contributed by atoms with Crippen molar-refractivity contribution in [2.75, 3.05) is 46.4 Å². The summed E-state index contributed by atoms with van der Waals surface area (Å²) in [5.74, 6) is 2.39. The Balaban J connectivity index is 1.51. The standard InChI is InChI=1S/C23H32N6O2/c1-17(2)27(3)23(26-16-25)29-12-19-8-20(13-29)11-28(10-19)14-21(30)15-31-22-6-4-18(9-24)5-7-22/h4-7,17,19-21,30H,8,10-15H2,1-3H3. The SMILES string of the molecule is CC(C)N(C)C(=NC#N)N1CC2CC(CN(CC(O)COc3ccc(C#N)cc3)C2)C1. The molecule has 0 aliphatic carbocycles. The summed E-state index contributed by atoms with van der Waals surface area (Å²) in [7, 11) is 1.99. The highest BCUT2D eigenvalue weighted by molar-refractivity contribution is 5.81. The minimum absolute atomic E-state index is 0.224. The minimum Gasteiger partial charge on any atom is -0.491 e. The molecule has 0 aromatic heterocycles. The average molecular weight is 425 g/mol. The summed E-state index contributed by atoms with van der Waals surface area (Å²) >= 11 is 0. The molecule has 2 heterocycles. The Labute approximate surface area is 184 Å². The molecule has 2 fully saturated rings. The van der Waals surface area contributed by atoms with Crippen LogP contribution in [-0.4, -0.2) is 84.3 Å². The summed E-state index contributed by atoms with van der Waals surface area (Å²) in [5, 5.41) is 28.5. The van der Waals surface area contributed by atoms with Crippen molar-refractivity contribution in [3.63, 3.8) is 0 Å². The van der Waals surface area contributed by atoms with E-state index in [2.05, 4.69) is 39.6 Å². The first-order chi connectivity index (χ1) is 14.9. The van der Waals surface area contributed by atoms with Crippen LogP contribution in [-0.2, 0) is 0 Å². The van der Waals surface area contributed by atoms with Gasteiger partial charge in [-0.3, -0.25) is 4.90 Å². The number of aliphatic imine (C=N–C) groups is 1. The Morgan fingerprint density at radius 2 is 1.84 bits per heavy atom. The average Bonchev–Trinajstić information content (AvgIpc) is 2.75. The zero-order valence-corrected chi connectivity index (χ0v) is 18.6. The Morgan fingerprint density at radius 3 is 2.39 bits per heavy atom. The van der Waals surface area contributed by atoms with Crippen LogP contribution >= 0.6 is 0 Å². The van der Waals surface area contributed by atoms with Crippen LogP contribution in [0.2, 0.25) is 0 Å². The number of ether oxygens (including phenoxy) is 1. The lowest BCUT2D eigenvalue weighted by molar-refractivity contribution is 0.0124. The predicted octanol–water partition coefficient (Wildman–Crippen LogP) is 1.73. The molecule has 8 nitrogen and oxygen atoms in total. The second kappa shape index (κ2) is 10.5. The lowest BCUT2D eigenvalue weighted by Crippen LogP contribution is -2.58. The van der Waals surface area contributed by atoms with Crippen molar-refractivity contribution in [3.8, 4) is 18.0 Å². The van der Waals surface area contributed by atoms with Gasteiger partial charge in [-0.15, -0.1) is 4.99 Å². The molecule has 0 spiro atoms. The van der Waals surface area contributed by atoms with E-state index in [4.69, 9.17) is 15.3 Å². The molecular formula is C23H32N6O2. The first-order valence-corrected chi connectivity index (χ1v) is 10.9. The Bertz CT molecular complexity index is 827. The van der Waals surface area contributed by atoms with E-state index in [0.29, 0.717) is 29.7 Å². The summed E-state index contributed by atoms with van der Waals surface area (Å²) in [6.07, 6.45) is 2.57. The van der Waals surface area contributed by atoms with Gasteiger partial charge >= 0.3 is 0 Å². The molecule has 3 rings (SSSR count). The van der Waals surface area contributed by atoms with Crippen molar-refractivity contribution in [2.24, 2.45) is 16.8 Å². The van der Waals surface area contributed by atoms with Gasteiger partial charge in [0.2, 0.25) is 12.2 Å². The van der Waals surface area contributed by atoms with Crippen LogP contribution in [0.5, 0.6) is 5.75 Å². The molecule has 0 amide bonds. The Morgan fingerprint density at radius 1 is 1.19 bits per heavy atom. The molecule has 2 bridgehead atoms. The van der Waals surface area contributed by atoms with Gasteiger partial charge in [0.15, 0.2) is 0 Å². The van der Waals surface area contributed by atoms with Gasteiger partial charge in [0.25, 0.3) is 0 Å². The van der Waals surface area contributed by atoms with Gasteiger partial charge in [0.05, 0.1) is 11.6 Å². The van der Waals surface area contributed by atoms with Gasteiger partial charge < -0.3 is 19.6 Å². The molecule has 1 N–H and O–H groups in total. The first kappa shape index (κ1) is 22.9. The van der Waals surface area contributed by atoms with Crippen molar-refractivity contribution >= 4 is 5.96 Å². The summed E-state index contributed by atoms with van der Waals surface area (Å²) < 4.78 is 5.68. The lowest BCUT2D eigenvalue weighted by Gasteiger charge is -2.48. The largest absolute Gasteiger partial charge is 0.491 e. The number of likely N-dealkylation sites (tertiary alicyclic amines) is 2. The van der Waals surface area contributed by atoms with Crippen molar-refractivity contribution in [1.29, 1.82) is 10.5 Å². The maximum atomic E-state index is 10.5. The maximum Gasteiger partial charge on any atom is 0.212 e. The molecule has 0 saturated carbocycles. The summed E-state index contributed by atoms with van der Waals surface area (Å²) in [5.41, 5.74) is 0.587. The number of fused-ring (bicyclic) bond motifs is 2. The van der Waals surface area contributed by atoms with E-state index in [0.717, 1.165) is 32.1 Å². The minimum atomic E-state index is -0.576. The third-order valence-electron chi connectivity index (χ3n) is 6.07. The number of hydrogen-bond acceptors (Lipinski definition) is 6. The van der Waals surface area contributed by atoms with E-state index in [9.17, 15) is 5.11 Å². The molecule has 3 atom stereocenters. The number of piperidine rings is 2. The van der Waals surface area contributed by atoms with Crippen LogP contribution in [0.3, 0.4) is 0 Å². The van der Waals surface area contributed by atoms with Gasteiger partial charge in [-0.25, -0.2) is 0 Å². The number of nitrogens with zero attached hydrogens (tertiary/aromatic N) is 6. The van der Waals surface area contributed by atoms with E-state index < -0.39 is 6.10 Å². The normalized spacial score (nSPS) is 22.5. The number of benzene rings is 1. The highest BCUT2D eigenvalue weighted by Crippen LogP contribution is 2.29. The van der Waals surface area contributed by atoms with Gasteiger partial charge in [0.1, 0.15) is 18.5 Å². The second-order valence-corrected chi connectivity index (χ2v) is 8.91. The Kier molecular flexibility index (Phi) is 7.73. The number of aliphatic hydroxyl groups is 1. The van der Waals surface area contributed by atoms with Gasteiger partial charge in [-0.05, 0) is 56.4 Å². The number of β-amino-alcohol motifs (C(OH)–C–C–N with tert-alkyl or cyclic N) is 1. The quantitative estimate of drug-likeness (QED) is 0.422. The predicted molar refractivity (Wildman–Crippen MR) is 118 cm³/mol. The first-order valence-electron chi connectivity index (χ1n) is 10.9. The van der Waals surface area contributed by atoms with Gasteiger partial charge in [-0.2, -0.15) is 10.5 Å². The van der Waals surface area contributed by atoms with Crippen LogP contribution in [0.4, 0.5) is 0 Å². The summed E-state index contributed by atoms with van der Waals surface area (Å²) in [6.45, 7) is 8.60. The third kappa shape index (κ3) is 6.10. The fourth-order valence-corrected chi connectivity index (χ4v) is 4.52. The van der Waals surface area contributed by atoms with Crippen molar-refractivity contribution in [1.82, 2.24) is 14.7 Å². The van der Waals surface area contributed by atoms with Crippen molar-refractivity contribution in [3.05, 3.63) is 29.8 Å². The molecule has 1 aromatic carbocycles. The highest BCUT2D eigenvalue weighted by Gasteiger charge is 2.36. The van der Waals surface area contributed by atoms with Crippen molar-refractivity contribution in [2.45, 2.75) is 32.4 Å². The zero-order valence-electron chi connectivity index (χ0n) is 18.6. The zero-order chi connectivity index (χ0) is 22.4. The monoisotopic (exact) mass is 424 g/mol. The van der Waals surface area contributed by atoms with Crippen LogP contribution < -0.4 is 4.74 Å². The van der Waals surface area contributed by atoms with Crippen LogP contribution in [0.15, 0.2) is 29.3 Å². The van der Waals surface area contributed by atoms with Crippen LogP contribution in [0.25, 0.3) is 0 Å². The van der Waals surface area contributed by atoms with E-state index >= 15 is 0 Å². The van der Waals surface area contributed by atoms with Gasteiger partial charge in [0, 0.05) is 45.8 Å². The van der Waals surface area contributed by atoms with Crippen molar-refractivity contribution < 1.29 is 9.84 Å². The maximum absolute atomic E-state index is 10.5.